The lowest BCUT2D eigenvalue weighted by Crippen LogP contribution is -2.69. The van der Waals surface area contributed by atoms with Gasteiger partial charge in [-0.1, -0.05) is 67.1 Å². The van der Waals surface area contributed by atoms with Crippen LogP contribution in [-0.2, 0) is 16.6 Å². The van der Waals surface area contributed by atoms with Crippen LogP contribution in [0.4, 0.5) is 18.9 Å². The van der Waals surface area contributed by atoms with Gasteiger partial charge < -0.3 is 10.1 Å². The summed E-state index contributed by atoms with van der Waals surface area (Å²) in [5.74, 6) is 0.664. The van der Waals surface area contributed by atoms with E-state index < -0.39 is 16.4 Å². The van der Waals surface area contributed by atoms with Crippen LogP contribution in [-0.4, -0.2) is 57.7 Å². The van der Waals surface area contributed by atoms with Crippen molar-refractivity contribution >= 4 is 15.7 Å². The molecule has 4 fully saturated rings. The molecule has 6 atom stereocenters. The molecule has 0 spiro atoms. The third kappa shape index (κ3) is 6.14. The molecular formula is C33H38F3N3O3S. The Morgan fingerprint density at radius 3 is 2.21 bits per heavy atom. The van der Waals surface area contributed by atoms with Crippen molar-refractivity contribution in [2.24, 2.45) is 11.8 Å². The molecule has 6 unspecified atom stereocenters. The van der Waals surface area contributed by atoms with Crippen LogP contribution in [0.1, 0.15) is 48.3 Å². The molecule has 7 rings (SSSR count). The Labute approximate surface area is 251 Å². The summed E-state index contributed by atoms with van der Waals surface area (Å²) in [6.45, 7) is 1.11. The number of sulfonamides is 1. The molecule has 3 saturated heterocycles. The van der Waals surface area contributed by atoms with Crippen molar-refractivity contribution in [2.75, 3.05) is 24.2 Å². The average molecular weight is 614 g/mol. The van der Waals surface area contributed by atoms with Gasteiger partial charge in [0, 0.05) is 43.2 Å². The van der Waals surface area contributed by atoms with Gasteiger partial charge in [0.1, 0.15) is 5.75 Å². The second kappa shape index (κ2) is 11.8. The minimum absolute atomic E-state index is 0.00791. The molecule has 10 heteroatoms. The number of nitrogens with zero attached hydrogens (tertiary/aromatic N) is 2. The number of hydrogen-bond donors (Lipinski definition) is 1. The standard InChI is InChI=1S/C33H38F3N3O3S/c1-38(43(2,40)41)25-16-17-29(42-33(34,35)36)24(20-25)21-37-31-27-18-19-39(28-15-9-14-26(27)28)32(31)30(22-10-5-3-6-11-22)23-12-7-4-8-13-23/h3-8,10-13,16-17,20,26-28,30-32,37H,9,14-15,18-19,21H2,1-2H3. The predicted molar refractivity (Wildman–Crippen MR) is 161 cm³/mol. The minimum atomic E-state index is -4.88. The number of fused-ring (bicyclic) bond motifs is 2. The van der Waals surface area contributed by atoms with E-state index in [1.54, 1.807) is 0 Å². The van der Waals surface area contributed by atoms with Crippen molar-refractivity contribution in [1.29, 1.82) is 0 Å². The van der Waals surface area contributed by atoms with Crippen molar-refractivity contribution in [3.8, 4) is 5.75 Å². The molecule has 43 heavy (non-hydrogen) atoms. The second-order valence-corrected chi connectivity index (χ2v) is 14.1. The third-order valence-electron chi connectivity index (χ3n) is 9.76. The number of benzene rings is 3. The third-order valence-corrected chi connectivity index (χ3v) is 11.0. The summed E-state index contributed by atoms with van der Waals surface area (Å²) >= 11 is 0. The monoisotopic (exact) mass is 613 g/mol. The summed E-state index contributed by atoms with van der Waals surface area (Å²) in [5, 5.41) is 3.73. The van der Waals surface area contributed by atoms with Gasteiger partial charge in [0.05, 0.1) is 11.9 Å². The smallest absolute Gasteiger partial charge is 0.405 e. The van der Waals surface area contributed by atoms with Gasteiger partial charge in [-0.25, -0.2) is 8.42 Å². The van der Waals surface area contributed by atoms with Crippen LogP contribution in [0.5, 0.6) is 5.75 Å². The first-order chi connectivity index (χ1) is 20.5. The van der Waals surface area contributed by atoms with E-state index in [0.29, 0.717) is 17.9 Å². The number of alkyl halides is 3. The molecule has 1 aliphatic carbocycles. The SMILES string of the molecule is CN(c1ccc(OC(F)(F)F)c(CNC2C3CCN(C4CCCC34)C2C(c2ccccc2)c2ccccc2)c1)S(C)(=O)=O. The van der Waals surface area contributed by atoms with Gasteiger partial charge in [0.25, 0.3) is 0 Å². The van der Waals surface area contributed by atoms with E-state index in [4.69, 9.17) is 0 Å². The van der Waals surface area contributed by atoms with Crippen LogP contribution >= 0.6 is 0 Å². The lowest BCUT2D eigenvalue weighted by atomic mass is 9.64. The first-order valence-electron chi connectivity index (χ1n) is 14.9. The Morgan fingerprint density at radius 1 is 0.953 bits per heavy atom. The number of rotatable bonds is 9. The van der Waals surface area contributed by atoms with Gasteiger partial charge >= 0.3 is 6.36 Å². The number of halogens is 3. The van der Waals surface area contributed by atoms with Crippen molar-refractivity contribution in [2.45, 2.75) is 62.6 Å². The second-order valence-electron chi connectivity index (χ2n) is 12.1. The van der Waals surface area contributed by atoms with Crippen LogP contribution < -0.4 is 14.4 Å². The first-order valence-corrected chi connectivity index (χ1v) is 16.8. The largest absolute Gasteiger partial charge is 0.573 e. The van der Waals surface area contributed by atoms with Crippen molar-refractivity contribution in [3.63, 3.8) is 0 Å². The summed E-state index contributed by atoms with van der Waals surface area (Å²) in [6, 6.07) is 25.6. The molecule has 6 nitrogen and oxygen atoms in total. The van der Waals surface area contributed by atoms with Crippen LogP contribution in [0.3, 0.4) is 0 Å². The fourth-order valence-corrected chi connectivity index (χ4v) is 8.45. The van der Waals surface area contributed by atoms with Gasteiger partial charge in [-0.2, -0.15) is 0 Å². The summed E-state index contributed by atoms with van der Waals surface area (Å²) in [5.41, 5.74) is 2.97. The zero-order valence-corrected chi connectivity index (χ0v) is 25.2. The van der Waals surface area contributed by atoms with Crippen molar-refractivity contribution in [3.05, 3.63) is 95.6 Å². The van der Waals surface area contributed by atoms with Gasteiger partial charge in [-0.15, -0.1) is 13.2 Å². The fraction of sp³-hybridized carbons (Fsp3) is 0.455. The average Bonchev–Trinajstić information content (AvgIpc) is 3.49. The molecule has 1 N–H and O–H groups in total. The summed E-state index contributed by atoms with van der Waals surface area (Å²) in [4.78, 5) is 2.68. The van der Waals surface area contributed by atoms with Gasteiger partial charge in [0.2, 0.25) is 10.0 Å². The Bertz CT molecular complexity index is 1480. The lowest BCUT2D eigenvalue weighted by Gasteiger charge is -2.60. The van der Waals surface area contributed by atoms with Crippen LogP contribution in [0.15, 0.2) is 78.9 Å². The molecule has 3 aromatic carbocycles. The van der Waals surface area contributed by atoms with Gasteiger partial charge in [-0.3, -0.25) is 9.21 Å². The topological polar surface area (TPSA) is 61.9 Å². The molecule has 230 valence electrons. The van der Waals surface area contributed by atoms with Gasteiger partial charge in [0.15, 0.2) is 0 Å². The van der Waals surface area contributed by atoms with E-state index in [2.05, 4.69) is 63.5 Å². The number of hydrogen-bond acceptors (Lipinski definition) is 5. The minimum Gasteiger partial charge on any atom is -0.405 e. The molecular weight excluding hydrogens is 575 g/mol. The highest BCUT2D eigenvalue weighted by atomic mass is 32.2. The Balaban J connectivity index is 1.39. The highest BCUT2D eigenvalue weighted by Crippen LogP contribution is 2.52. The molecule has 0 radical (unpaired) electrons. The van der Waals surface area contributed by atoms with E-state index in [1.165, 1.54) is 49.2 Å². The summed E-state index contributed by atoms with van der Waals surface area (Å²) in [7, 11) is -2.22. The lowest BCUT2D eigenvalue weighted by molar-refractivity contribution is -0.274. The maximum Gasteiger partial charge on any atom is 0.573 e. The van der Waals surface area contributed by atoms with E-state index in [-0.39, 0.29) is 41.5 Å². The van der Waals surface area contributed by atoms with Crippen LogP contribution in [0, 0.1) is 11.8 Å². The fourth-order valence-electron chi connectivity index (χ4n) is 7.96. The maximum absolute atomic E-state index is 13.4. The molecule has 3 heterocycles. The Hall–Kier alpha value is -3.08. The number of piperidine rings is 3. The molecule has 4 aliphatic rings. The van der Waals surface area contributed by atoms with Crippen molar-refractivity contribution < 1.29 is 26.3 Å². The van der Waals surface area contributed by atoms with Gasteiger partial charge in [-0.05, 0) is 67.0 Å². The van der Waals surface area contributed by atoms with E-state index in [9.17, 15) is 21.6 Å². The molecule has 1 saturated carbocycles. The molecule has 3 aliphatic heterocycles. The Kier molecular flexibility index (Phi) is 8.21. The van der Waals surface area contributed by atoms with Crippen LogP contribution in [0.25, 0.3) is 0 Å². The highest BCUT2D eigenvalue weighted by Gasteiger charge is 2.55. The molecule has 0 aromatic heterocycles. The quantitative estimate of drug-likeness (QED) is 0.314. The zero-order chi connectivity index (χ0) is 30.4. The molecule has 3 aromatic rings. The zero-order valence-electron chi connectivity index (χ0n) is 24.4. The number of anilines is 1. The Morgan fingerprint density at radius 2 is 1.60 bits per heavy atom. The van der Waals surface area contributed by atoms with Crippen molar-refractivity contribution in [1.82, 2.24) is 10.2 Å². The molecule has 2 bridgehead atoms. The van der Waals surface area contributed by atoms with E-state index >= 15 is 0 Å². The normalized spacial score (nSPS) is 26.8. The maximum atomic E-state index is 13.4. The number of nitrogens with one attached hydrogen (secondary N) is 1. The van der Waals surface area contributed by atoms with E-state index in [0.717, 1.165) is 29.9 Å². The summed E-state index contributed by atoms with van der Waals surface area (Å²) in [6.07, 6.45) is 0.744. The summed E-state index contributed by atoms with van der Waals surface area (Å²) < 4.78 is 70.2. The van der Waals surface area contributed by atoms with E-state index in [1.807, 2.05) is 12.1 Å². The number of ether oxygens (including phenoxy) is 1. The highest BCUT2D eigenvalue weighted by molar-refractivity contribution is 7.92. The predicted octanol–water partition coefficient (Wildman–Crippen LogP) is 6.14. The first kappa shape index (κ1) is 30.0. The van der Waals surface area contributed by atoms with Crippen LogP contribution in [0.2, 0.25) is 0 Å². The molecule has 0 amide bonds.